The largest absolute Gasteiger partial charge is 0.493 e. The fraction of sp³-hybridized carbons (Fsp3) is 0.222. The van der Waals surface area contributed by atoms with Crippen LogP contribution >= 0.6 is 0 Å². The smallest absolute Gasteiger partial charge is 0.256 e. The van der Waals surface area contributed by atoms with Gasteiger partial charge in [0.05, 0.1) is 19.8 Å². The van der Waals surface area contributed by atoms with E-state index in [-0.39, 0.29) is 16.9 Å². The number of ether oxygens (including phenoxy) is 2. The Morgan fingerprint density at radius 3 is 2.35 bits per heavy atom. The van der Waals surface area contributed by atoms with E-state index >= 15 is 0 Å². The molecule has 0 aliphatic rings. The molecule has 2 aromatic carbocycles. The third kappa shape index (κ3) is 3.90. The number of likely N-dealkylation sites (N-methyl/N-ethyl adjacent to an activating group) is 1. The minimum atomic E-state index is -1.22. The lowest BCUT2D eigenvalue weighted by Crippen LogP contribution is -2.39. The first-order valence-corrected chi connectivity index (χ1v) is 7.61. The average Bonchev–Trinajstić information content (AvgIpc) is 2.66. The number of carbonyl (C=O) groups excluding carboxylic acids is 2. The molecule has 0 heterocycles. The number of benzene rings is 2. The number of methoxy groups -OCH3 is 2. The highest BCUT2D eigenvalue weighted by Gasteiger charge is 2.25. The van der Waals surface area contributed by atoms with Gasteiger partial charge in [-0.3, -0.25) is 9.59 Å². The number of rotatable bonds is 6. The first kappa shape index (κ1) is 19.2. The highest BCUT2D eigenvalue weighted by molar-refractivity contribution is 6.00. The van der Waals surface area contributed by atoms with Gasteiger partial charge in [-0.05, 0) is 29.8 Å². The monoisotopic (exact) mass is 364 g/mol. The number of para-hydroxylation sites is 1. The normalized spacial score (nSPS) is 11.4. The second-order valence-corrected chi connectivity index (χ2v) is 5.24. The zero-order valence-corrected chi connectivity index (χ0v) is 14.4. The second kappa shape index (κ2) is 8.28. The molecular formula is C18H18F2N2O4. The Morgan fingerprint density at radius 1 is 1.04 bits per heavy atom. The van der Waals surface area contributed by atoms with Gasteiger partial charge in [-0.2, -0.15) is 0 Å². The molecule has 1 unspecified atom stereocenters. The molecule has 0 bridgehead atoms. The van der Waals surface area contributed by atoms with Gasteiger partial charge < -0.3 is 20.1 Å². The zero-order chi connectivity index (χ0) is 19.3. The van der Waals surface area contributed by atoms with Crippen LogP contribution in [0.3, 0.4) is 0 Å². The molecule has 0 fully saturated rings. The molecule has 2 N–H and O–H groups in total. The van der Waals surface area contributed by atoms with Crippen molar-refractivity contribution in [2.75, 3.05) is 21.3 Å². The molecule has 26 heavy (non-hydrogen) atoms. The van der Waals surface area contributed by atoms with Crippen molar-refractivity contribution in [1.82, 2.24) is 10.6 Å². The summed E-state index contributed by atoms with van der Waals surface area (Å²) in [5, 5.41) is 4.88. The quantitative estimate of drug-likeness (QED) is 0.824. The molecule has 0 aliphatic heterocycles. The molecule has 1 atom stereocenters. The Bertz CT molecular complexity index is 827. The van der Waals surface area contributed by atoms with E-state index in [2.05, 4.69) is 10.6 Å². The van der Waals surface area contributed by atoms with Gasteiger partial charge >= 0.3 is 0 Å². The fourth-order valence-electron chi connectivity index (χ4n) is 2.41. The summed E-state index contributed by atoms with van der Waals surface area (Å²) in [5.41, 5.74) is 0.224. The first-order chi connectivity index (χ1) is 12.4. The van der Waals surface area contributed by atoms with Gasteiger partial charge in [-0.15, -0.1) is 0 Å². The standard InChI is InChI=1S/C18H18F2N2O4/c1-21-18(24)15(10-7-8-12(19)13(20)9-10)22-17(23)11-5-4-6-14(25-2)16(11)26-3/h4-9,15H,1-3H3,(H,21,24)(H,22,23). The molecule has 2 aromatic rings. The van der Waals surface area contributed by atoms with E-state index in [9.17, 15) is 18.4 Å². The van der Waals surface area contributed by atoms with Crippen molar-refractivity contribution in [3.8, 4) is 11.5 Å². The second-order valence-electron chi connectivity index (χ2n) is 5.24. The lowest BCUT2D eigenvalue weighted by Gasteiger charge is -2.19. The van der Waals surface area contributed by atoms with Crippen molar-refractivity contribution < 1.29 is 27.8 Å². The summed E-state index contributed by atoms with van der Waals surface area (Å²) in [5.74, 6) is -2.88. The van der Waals surface area contributed by atoms with Gasteiger partial charge in [0, 0.05) is 7.05 Å². The Labute approximate surface area is 149 Å². The van der Waals surface area contributed by atoms with E-state index in [1.54, 1.807) is 12.1 Å². The van der Waals surface area contributed by atoms with Crippen molar-refractivity contribution in [2.24, 2.45) is 0 Å². The molecule has 2 amide bonds. The highest BCUT2D eigenvalue weighted by Crippen LogP contribution is 2.31. The van der Waals surface area contributed by atoms with Crippen LogP contribution in [0.25, 0.3) is 0 Å². The highest BCUT2D eigenvalue weighted by atomic mass is 19.2. The SMILES string of the molecule is CNC(=O)C(NC(=O)c1cccc(OC)c1OC)c1ccc(F)c(F)c1. The summed E-state index contributed by atoms with van der Waals surface area (Å²) in [4.78, 5) is 24.8. The molecule has 6 nitrogen and oxygen atoms in total. The Balaban J connectivity index is 2.39. The number of carbonyl (C=O) groups is 2. The molecule has 0 aromatic heterocycles. The van der Waals surface area contributed by atoms with Gasteiger partial charge in [0.2, 0.25) is 5.91 Å². The van der Waals surface area contributed by atoms with Crippen LogP contribution in [-0.4, -0.2) is 33.1 Å². The molecule has 8 heteroatoms. The number of hydrogen-bond acceptors (Lipinski definition) is 4. The maximum atomic E-state index is 13.5. The van der Waals surface area contributed by atoms with Crippen LogP contribution in [0.2, 0.25) is 0 Å². The topological polar surface area (TPSA) is 76.7 Å². The van der Waals surface area contributed by atoms with Crippen LogP contribution in [0, 0.1) is 11.6 Å². The van der Waals surface area contributed by atoms with Crippen LogP contribution in [0.4, 0.5) is 8.78 Å². The summed E-state index contributed by atoms with van der Waals surface area (Å²) in [6.45, 7) is 0. The van der Waals surface area contributed by atoms with Gasteiger partial charge in [0.15, 0.2) is 23.1 Å². The molecular weight excluding hydrogens is 346 g/mol. The lowest BCUT2D eigenvalue weighted by molar-refractivity contribution is -0.122. The summed E-state index contributed by atoms with van der Waals surface area (Å²) in [6.07, 6.45) is 0. The summed E-state index contributed by atoms with van der Waals surface area (Å²) < 4.78 is 37.0. The molecule has 0 radical (unpaired) electrons. The number of halogens is 2. The van der Waals surface area contributed by atoms with Crippen LogP contribution in [0.15, 0.2) is 36.4 Å². The predicted octanol–water partition coefficient (Wildman–Crippen LogP) is 2.20. The van der Waals surface area contributed by atoms with Crippen molar-refractivity contribution in [3.63, 3.8) is 0 Å². The maximum absolute atomic E-state index is 13.5. The Morgan fingerprint density at radius 2 is 1.77 bits per heavy atom. The van der Waals surface area contributed by atoms with Gasteiger partial charge in [0.1, 0.15) is 6.04 Å². The van der Waals surface area contributed by atoms with Crippen molar-refractivity contribution in [1.29, 1.82) is 0 Å². The van der Waals surface area contributed by atoms with Crippen molar-refractivity contribution >= 4 is 11.8 Å². The summed E-state index contributed by atoms with van der Waals surface area (Å²) >= 11 is 0. The number of nitrogens with one attached hydrogen (secondary N) is 2. The van der Waals surface area contributed by atoms with Crippen molar-refractivity contribution in [2.45, 2.75) is 6.04 Å². The maximum Gasteiger partial charge on any atom is 0.256 e. The Kier molecular flexibility index (Phi) is 6.11. The van der Waals surface area contributed by atoms with Crippen LogP contribution < -0.4 is 20.1 Å². The predicted molar refractivity (Wildman–Crippen MR) is 90.2 cm³/mol. The van der Waals surface area contributed by atoms with E-state index < -0.39 is 29.5 Å². The molecule has 138 valence electrons. The molecule has 0 aliphatic carbocycles. The molecule has 0 saturated carbocycles. The third-order valence-electron chi connectivity index (χ3n) is 3.71. The van der Waals surface area contributed by atoms with Crippen molar-refractivity contribution in [3.05, 3.63) is 59.2 Å². The number of amides is 2. The Hall–Kier alpha value is -3.16. The van der Waals surface area contributed by atoms with Crippen LogP contribution in [-0.2, 0) is 4.79 Å². The number of hydrogen-bond donors (Lipinski definition) is 2. The molecule has 0 spiro atoms. The average molecular weight is 364 g/mol. The molecule has 2 rings (SSSR count). The minimum Gasteiger partial charge on any atom is -0.493 e. The van der Waals surface area contributed by atoms with Crippen LogP contribution in [0.1, 0.15) is 22.0 Å². The summed E-state index contributed by atoms with van der Waals surface area (Å²) in [7, 11) is 4.17. The van der Waals surface area contributed by atoms with Crippen LogP contribution in [0.5, 0.6) is 11.5 Å². The minimum absolute atomic E-state index is 0.0958. The third-order valence-corrected chi connectivity index (χ3v) is 3.71. The van der Waals surface area contributed by atoms with E-state index in [1.165, 1.54) is 33.4 Å². The van der Waals surface area contributed by atoms with Gasteiger partial charge in [-0.1, -0.05) is 12.1 Å². The fourth-order valence-corrected chi connectivity index (χ4v) is 2.41. The van der Waals surface area contributed by atoms with Gasteiger partial charge in [0.25, 0.3) is 5.91 Å². The summed E-state index contributed by atoms with van der Waals surface area (Å²) in [6, 6.07) is 6.43. The molecule has 0 saturated heterocycles. The lowest BCUT2D eigenvalue weighted by atomic mass is 10.0. The zero-order valence-electron chi connectivity index (χ0n) is 14.4. The van der Waals surface area contributed by atoms with E-state index in [0.29, 0.717) is 5.75 Å². The van der Waals surface area contributed by atoms with E-state index in [4.69, 9.17) is 9.47 Å². The van der Waals surface area contributed by atoms with Gasteiger partial charge in [-0.25, -0.2) is 8.78 Å². The van der Waals surface area contributed by atoms with E-state index in [1.807, 2.05) is 0 Å². The van der Waals surface area contributed by atoms with E-state index in [0.717, 1.165) is 12.1 Å². The first-order valence-electron chi connectivity index (χ1n) is 7.61.